The Labute approximate surface area is 128 Å². The van der Waals surface area contributed by atoms with Crippen LogP contribution in [0.5, 0.6) is 0 Å². The monoisotopic (exact) mass is 298 g/mol. The molecule has 2 aliphatic heterocycles. The molecule has 6 heteroatoms. The van der Waals surface area contributed by atoms with E-state index in [4.69, 9.17) is 4.74 Å². The Balaban J connectivity index is 1.60. The van der Waals surface area contributed by atoms with Crippen molar-refractivity contribution in [3.05, 3.63) is 0 Å². The van der Waals surface area contributed by atoms with Crippen LogP contribution in [-0.2, 0) is 4.74 Å². The van der Waals surface area contributed by atoms with Gasteiger partial charge in [0, 0.05) is 58.9 Å². The molecule has 2 rings (SSSR count). The van der Waals surface area contributed by atoms with Crippen LogP contribution < -0.4 is 5.32 Å². The molecule has 0 atom stereocenters. The number of morpholine rings is 1. The lowest BCUT2D eigenvalue weighted by molar-refractivity contribution is 0.0309. The van der Waals surface area contributed by atoms with E-state index in [-0.39, 0.29) is 6.03 Å². The molecule has 2 amide bonds. The molecule has 0 aromatic carbocycles. The van der Waals surface area contributed by atoms with Crippen LogP contribution in [0.15, 0.2) is 0 Å². The van der Waals surface area contributed by atoms with E-state index in [1.54, 1.807) is 0 Å². The molecule has 6 nitrogen and oxygen atoms in total. The Morgan fingerprint density at radius 2 is 1.57 bits per heavy atom. The summed E-state index contributed by atoms with van der Waals surface area (Å²) in [6.07, 6.45) is 0. The van der Waals surface area contributed by atoms with Gasteiger partial charge in [0.15, 0.2) is 0 Å². The molecule has 0 saturated carbocycles. The molecule has 0 bridgehead atoms. The molecular formula is C15H30N4O2. The Morgan fingerprint density at radius 3 is 2.14 bits per heavy atom. The summed E-state index contributed by atoms with van der Waals surface area (Å²) in [5.74, 6) is 0.503. The highest BCUT2D eigenvalue weighted by molar-refractivity contribution is 5.74. The van der Waals surface area contributed by atoms with Crippen molar-refractivity contribution in [1.29, 1.82) is 0 Å². The zero-order chi connectivity index (χ0) is 15.1. The Morgan fingerprint density at radius 1 is 1.00 bits per heavy atom. The molecule has 0 aliphatic carbocycles. The lowest BCUT2D eigenvalue weighted by atomic mass is 10.2. The quantitative estimate of drug-likeness (QED) is 0.793. The van der Waals surface area contributed by atoms with Crippen molar-refractivity contribution >= 4 is 6.03 Å². The van der Waals surface area contributed by atoms with Crippen molar-refractivity contribution in [2.75, 3.05) is 72.1 Å². The van der Waals surface area contributed by atoms with E-state index < -0.39 is 0 Å². The van der Waals surface area contributed by atoms with Gasteiger partial charge in [-0.1, -0.05) is 13.8 Å². The first-order valence-electron chi connectivity index (χ1n) is 8.20. The Kier molecular flexibility index (Phi) is 6.73. The Hall–Kier alpha value is -0.850. The van der Waals surface area contributed by atoms with Crippen LogP contribution in [0.2, 0.25) is 0 Å². The fraction of sp³-hybridized carbons (Fsp3) is 0.933. The zero-order valence-electron chi connectivity index (χ0n) is 13.5. The van der Waals surface area contributed by atoms with Gasteiger partial charge in [-0.15, -0.1) is 0 Å². The highest BCUT2D eigenvalue weighted by atomic mass is 16.5. The number of carbonyl (C=O) groups excluding carboxylic acids is 1. The first kappa shape index (κ1) is 16.5. The minimum Gasteiger partial charge on any atom is -0.379 e. The number of rotatable bonds is 5. The average Bonchev–Trinajstić information content (AvgIpc) is 2.52. The van der Waals surface area contributed by atoms with Crippen LogP contribution >= 0.6 is 0 Å². The summed E-state index contributed by atoms with van der Waals surface area (Å²) in [7, 11) is 0. The van der Waals surface area contributed by atoms with E-state index in [1.807, 2.05) is 4.90 Å². The van der Waals surface area contributed by atoms with Crippen LogP contribution in [0.1, 0.15) is 13.8 Å². The van der Waals surface area contributed by atoms with Gasteiger partial charge >= 0.3 is 6.03 Å². The summed E-state index contributed by atoms with van der Waals surface area (Å²) in [5.41, 5.74) is 0. The van der Waals surface area contributed by atoms with E-state index in [0.717, 1.165) is 72.1 Å². The van der Waals surface area contributed by atoms with E-state index in [1.165, 1.54) is 0 Å². The molecule has 0 radical (unpaired) electrons. The largest absolute Gasteiger partial charge is 0.379 e. The summed E-state index contributed by atoms with van der Waals surface area (Å²) >= 11 is 0. The van der Waals surface area contributed by atoms with Gasteiger partial charge < -0.3 is 15.0 Å². The molecule has 0 aromatic heterocycles. The van der Waals surface area contributed by atoms with E-state index >= 15 is 0 Å². The standard InChI is InChI=1S/C15H30N4O2/c1-14(2)13-16-15(20)19-7-5-17(6-8-19)3-4-18-9-11-21-12-10-18/h14H,3-13H2,1-2H3,(H,16,20). The van der Waals surface area contributed by atoms with Crippen molar-refractivity contribution < 1.29 is 9.53 Å². The first-order valence-corrected chi connectivity index (χ1v) is 8.20. The van der Waals surface area contributed by atoms with Crippen LogP contribution in [0.25, 0.3) is 0 Å². The Bertz CT molecular complexity index is 311. The summed E-state index contributed by atoms with van der Waals surface area (Å²) in [4.78, 5) is 18.9. The number of hydrogen-bond acceptors (Lipinski definition) is 4. The highest BCUT2D eigenvalue weighted by Gasteiger charge is 2.21. The maximum Gasteiger partial charge on any atom is 0.317 e. The molecule has 2 heterocycles. The van der Waals surface area contributed by atoms with Gasteiger partial charge in [0.2, 0.25) is 0 Å². The minimum atomic E-state index is 0.0940. The van der Waals surface area contributed by atoms with Crippen LogP contribution in [0.3, 0.4) is 0 Å². The second-order valence-corrected chi connectivity index (χ2v) is 6.36. The smallest absolute Gasteiger partial charge is 0.317 e. The van der Waals surface area contributed by atoms with Crippen molar-refractivity contribution in [3.8, 4) is 0 Å². The van der Waals surface area contributed by atoms with Gasteiger partial charge in [0.25, 0.3) is 0 Å². The topological polar surface area (TPSA) is 48.1 Å². The second-order valence-electron chi connectivity index (χ2n) is 6.36. The minimum absolute atomic E-state index is 0.0940. The fourth-order valence-corrected chi connectivity index (χ4v) is 2.69. The maximum atomic E-state index is 12.0. The molecule has 21 heavy (non-hydrogen) atoms. The van der Waals surface area contributed by atoms with Crippen molar-refractivity contribution in [1.82, 2.24) is 20.0 Å². The average molecular weight is 298 g/mol. The summed E-state index contributed by atoms with van der Waals surface area (Å²) in [6, 6.07) is 0.0940. The number of nitrogens with zero attached hydrogens (tertiary/aromatic N) is 3. The third kappa shape index (κ3) is 5.80. The number of piperazine rings is 1. The molecule has 2 aliphatic rings. The zero-order valence-corrected chi connectivity index (χ0v) is 13.5. The van der Waals surface area contributed by atoms with E-state index in [9.17, 15) is 4.79 Å². The van der Waals surface area contributed by atoms with Crippen molar-refractivity contribution in [2.24, 2.45) is 5.92 Å². The fourth-order valence-electron chi connectivity index (χ4n) is 2.69. The molecule has 2 fully saturated rings. The summed E-state index contributed by atoms with van der Waals surface area (Å²) in [5, 5.41) is 3.00. The number of hydrogen-bond donors (Lipinski definition) is 1. The van der Waals surface area contributed by atoms with Gasteiger partial charge in [0.05, 0.1) is 13.2 Å². The SMILES string of the molecule is CC(C)CNC(=O)N1CCN(CCN2CCOCC2)CC1. The van der Waals surface area contributed by atoms with Crippen molar-refractivity contribution in [3.63, 3.8) is 0 Å². The van der Waals surface area contributed by atoms with Crippen LogP contribution in [0.4, 0.5) is 4.79 Å². The molecule has 1 N–H and O–H groups in total. The molecule has 0 spiro atoms. The second kappa shape index (κ2) is 8.56. The van der Waals surface area contributed by atoms with Gasteiger partial charge in [-0.2, -0.15) is 0 Å². The molecule has 0 aromatic rings. The normalized spacial score (nSPS) is 21.8. The number of ether oxygens (including phenoxy) is 1. The molecule has 122 valence electrons. The van der Waals surface area contributed by atoms with E-state index in [2.05, 4.69) is 29.0 Å². The predicted molar refractivity (Wildman–Crippen MR) is 83.5 cm³/mol. The van der Waals surface area contributed by atoms with Crippen LogP contribution in [-0.4, -0.2) is 92.8 Å². The van der Waals surface area contributed by atoms with Gasteiger partial charge in [0.1, 0.15) is 0 Å². The summed E-state index contributed by atoms with van der Waals surface area (Å²) in [6.45, 7) is 14.7. The lowest BCUT2D eigenvalue weighted by Gasteiger charge is -2.36. The molecule has 0 unspecified atom stereocenters. The van der Waals surface area contributed by atoms with Gasteiger partial charge in [-0.3, -0.25) is 9.80 Å². The summed E-state index contributed by atoms with van der Waals surface area (Å²) < 4.78 is 5.37. The molecule has 2 saturated heterocycles. The maximum absolute atomic E-state index is 12.0. The van der Waals surface area contributed by atoms with Crippen molar-refractivity contribution in [2.45, 2.75) is 13.8 Å². The number of carbonyl (C=O) groups is 1. The lowest BCUT2D eigenvalue weighted by Crippen LogP contribution is -2.53. The highest BCUT2D eigenvalue weighted by Crippen LogP contribution is 2.04. The van der Waals surface area contributed by atoms with Crippen LogP contribution in [0, 0.1) is 5.92 Å². The number of amides is 2. The third-order valence-corrected chi connectivity index (χ3v) is 4.16. The molecular weight excluding hydrogens is 268 g/mol. The number of urea groups is 1. The third-order valence-electron chi connectivity index (χ3n) is 4.16. The number of nitrogens with one attached hydrogen (secondary N) is 1. The first-order chi connectivity index (χ1) is 10.1. The van der Waals surface area contributed by atoms with E-state index in [0.29, 0.717) is 5.92 Å². The van der Waals surface area contributed by atoms with Gasteiger partial charge in [-0.05, 0) is 5.92 Å². The van der Waals surface area contributed by atoms with Gasteiger partial charge in [-0.25, -0.2) is 4.79 Å². The predicted octanol–water partition coefficient (Wildman–Crippen LogP) is 0.302.